The van der Waals surface area contributed by atoms with E-state index in [1.54, 1.807) is 18.5 Å². The molecule has 10 heteroatoms. The number of ether oxygens (including phenoxy) is 2. The minimum absolute atomic E-state index is 0.0967. The fraction of sp³-hybridized carbons (Fsp3) is 0.381. The number of hydrogen-bond acceptors (Lipinski definition) is 8. The number of halogens is 2. The molecule has 2 aromatic rings. The molecule has 1 atom stereocenters. The molecule has 1 unspecified atom stereocenters. The number of esters is 1. The lowest BCUT2D eigenvalue weighted by atomic mass is 9.94. The number of aromatic nitrogens is 1. The van der Waals surface area contributed by atoms with Gasteiger partial charge in [-0.25, -0.2) is 18.6 Å². The largest absolute Gasteiger partial charge is 0.463 e. The molecule has 0 aliphatic carbocycles. The number of amidine groups is 1. The second-order valence-electron chi connectivity index (χ2n) is 7.01. The monoisotopic (exact) mass is 448 g/mol. The molecule has 2 aliphatic heterocycles. The zero-order valence-corrected chi connectivity index (χ0v) is 17.8. The normalized spacial score (nSPS) is 19.7. The standard InChI is InChI=1S/C21H22F2N4O3S/c1-2-30-21(28)17-16(12-27-6-8-29-9-7-27)25-19(20-24-5-10-31-20)26-18(17)14-4-3-13(22)11-15(14)23/h3-5,10-11,18H,2,6-9,12H2,1H3,(H,25,26). The quantitative estimate of drug-likeness (QED) is 0.685. The first-order valence-electron chi connectivity index (χ1n) is 9.96. The Bertz CT molecular complexity index is 1000. The highest BCUT2D eigenvalue weighted by Crippen LogP contribution is 2.34. The Kier molecular flexibility index (Phi) is 6.69. The molecule has 4 rings (SSSR count). The van der Waals surface area contributed by atoms with Crippen LogP contribution in [0.5, 0.6) is 0 Å². The minimum Gasteiger partial charge on any atom is -0.463 e. The SMILES string of the molecule is CCOC(=O)C1=C(CN2CCOCC2)NC(c2nccs2)=NC1c1ccc(F)cc1F. The van der Waals surface area contributed by atoms with Crippen LogP contribution in [0.2, 0.25) is 0 Å². The van der Waals surface area contributed by atoms with Gasteiger partial charge in [0.15, 0.2) is 10.8 Å². The third kappa shape index (κ3) is 4.81. The Hall–Kier alpha value is -2.69. The van der Waals surface area contributed by atoms with Crippen molar-refractivity contribution in [2.75, 3.05) is 39.5 Å². The Morgan fingerprint density at radius 2 is 2.16 bits per heavy atom. The summed E-state index contributed by atoms with van der Waals surface area (Å²) >= 11 is 1.37. The number of hydrogen-bond donors (Lipinski definition) is 1. The van der Waals surface area contributed by atoms with Crippen LogP contribution in [-0.2, 0) is 14.3 Å². The van der Waals surface area contributed by atoms with Crippen molar-refractivity contribution in [1.82, 2.24) is 15.2 Å². The summed E-state index contributed by atoms with van der Waals surface area (Å²) in [6, 6.07) is 2.27. The van der Waals surface area contributed by atoms with E-state index in [9.17, 15) is 13.6 Å². The minimum atomic E-state index is -0.990. The average Bonchev–Trinajstić information content (AvgIpc) is 3.29. The highest BCUT2D eigenvalue weighted by atomic mass is 32.1. The van der Waals surface area contributed by atoms with Gasteiger partial charge in [-0.1, -0.05) is 6.07 Å². The van der Waals surface area contributed by atoms with E-state index in [4.69, 9.17) is 9.47 Å². The first-order chi connectivity index (χ1) is 15.1. The van der Waals surface area contributed by atoms with Crippen LogP contribution < -0.4 is 5.32 Å². The van der Waals surface area contributed by atoms with E-state index in [0.29, 0.717) is 49.4 Å². The van der Waals surface area contributed by atoms with Crippen LogP contribution in [0.3, 0.4) is 0 Å². The highest BCUT2D eigenvalue weighted by molar-refractivity contribution is 7.11. The van der Waals surface area contributed by atoms with Gasteiger partial charge in [0.2, 0.25) is 0 Å². The predicted molar refractivity (Wildman–Crippen MR) is 112 cm³/mol. The lowest BCUT2D eigenvalue weighted by Gasteiger charge is -2.32. The first kappa shape index (κ1) is 21.5. The molecule has 1 fully saturated rings. The van der Waals surface area contributed by atoms with Gasteiger partial charge < -0.3 is 14.8 Å². The van der Waals surface area contributed by atoms with E-state index in [1.807, 2.05) is 0 Å². The van der Waals surface area contributed by atoms with E-state index in [2.05, 4.69) is 20.2 Å². The number of nitrogens with zero attached hydrogens (tertiary/aromatic N) is 3. The second-order valence-corrected chi connectivity index (χ2v) is 7.90. The Labute approximate surface area is 182 Å². The molecule has 0 spiro atoms. The number of morpholine rings is 1. The Morgan fingerprint density at radius 1 is 1.35 bits per heavy atom. The molecule has 1 aromatic heterocycles. The van der Waals surface area contributed by atoms with Gasteiger partial charge in [-0.15, -0.1) is 11.3 Å². The van der Waals surface area contributed by atoms with Crippen LogP contribution in [0.4, 0.5) is 8.78 Å². The molecule has 0 saturated carbocycles. The summed E-state index contributed by atoms with van der Waals surface area (Å²) < 4.78 is 39.0. The number of benzene rings is 1. The lowest BCUT2D eigenvalue weighted by Crippen LogP contribution is -2.43. The Balaban J connectivity index is 1.81. The van der Waals surface area contributed by atoms with E-state index < -0.39 is 23.6 Å². The molecule has 1 N–H and O–H groups in total. The molecule has 0 bridgehead atoms. The van der Waals surface area contributed by atoms with Crippen molar-refractivity contribution >= 4 is 23.1 Å². The van der Waals surface area contributed by atoms with E-state index in [1.165, 1.54) is 17.4 Å². The van der Waals surface area contributed by atoms with Crippen molar-refractivity contribution in [3.05, 3.63) is 63.3 Å². The van der Waals surface area contributed by atoms with Gasteiger partial charge in [-0.2, -0.15) is 0 Å². The molecule has 3 heterocycles. The molecule has 0 radical (unpaired) electrons. The van der Waals surface area contributed by atoms with Crippen LogP contribution in [-0.4, -0.2) is 61.1 Å². The van der Waals surface area contributed by atoms with Gasteiger partial charge >= 0.3 is 5.97 Å². The number of carbonyl (C=O) groups excluding carboxylic acids is 1. The number of aliphatic imine (C=N–C) groups is 1. The maximum Gasteiger partial charge on any atom is 0.338 e. The molecule has 164 valence electrons. The summed E-state index contributed by atoms with van der Waals surface area (Å²) in [6.45, 7) is 4.84. The molecule has 7 nitrogen and oxygen atoms in total. The van der Waals surface area contributed by atoms with Gasteiger partial charge in [-0.3, -0.25) is 9.89 Å². The molecule has 1 saturated heterocycles. The van der Waals surface area contributed by atoms with Gasteiger partial charge in [0.1, 0.15) is 17.7 Å². The van der Waals surface area contributed by atoms with Crippen LogP contribution in [0, 0.1) is 11.6 Å². The van der Waals surface area contributed by atoms with Crippen molar-refractivity contribution in [2.24, 2.45) is 4.99 Å². The third-order valence-electron chi connectivity index (χ3n) is 5.00. The molecule has 0 amide bonds. The zero-order valence-electron chi connectivity index (χ0n) is 16.9. The molecule has 2 aliphatic rings. The average molecular weight is 448 g/mol. The summed E-state index contributed by atoms with van der Waals surface area (Å²) in [5.41, 5.74) is 0.868. The maximum absolute atomic E-state index is 14.8. The van der Waals surface area contributed by atoms with Crippen molar-refractivity contribution in [1.29, 1.82) is 0 Å². The highest BCUT2D eigenvalue weighted by Gasteiger charge is 2.35. The molecule has 31 heavy (non-hydrogen) atoms. The molecule has 1 aromatic carbocycles. The van der Waals surface area contributed by atoms with Gasteiger partial charge in [0, 0.05) is 48.5 Å². The molecular formula is C21H22F2N4O3S. The fourth-order valence-corrected chi connectivity index (χ4v) is 4.14. The Morgan fingerprint density at radius 3 is 2.84 bits per heavy atom. The van der Waals surface area contributed by atoms with Crippen molar-refractivity contribution in [2.45, 2.75) is 13.0 Å². The van der Waals surface area contributed by atoms with Crippen LogP contribution in [0.25, 0.3) is 0 Å². The summed E-state index contributed by atoms with van der Waals surface area (Å²) in [5.74, 6) is -1.63. The summed E-state index contributed by atoms with van der Waals surface area (Å²) in [7, 11) is 0. The topological polar surface area (TPSA) is 76.0 Å². The smallest absolute Gasteiger partial charge is 0.338 e. The van der Waals surface area contributed by atoms with E-state index >= 15 is 0 Å². The van der Waals surface area contributed by atoms with Crippen molar-refractivity contribution in [3.8, 4) is 0 Å². The zero-order chi connectivity index (χ0) is 21.8. The molecular weight excluding hydrogens is 426 g/mol. The van der Waals surface area contributed by atoms with Crippen molar-refractivity contribution in [3.63, 3.8) is 0 Å². The number of rotatable bonds is 6. The maximum atomic E-state index is 14.8. The number of nitrogens with one attached hydrogen (secondary N) is 1. The van der Waals surface area contributed by atoms with Gasteiger partial charge in [0.25, 0.3) is 0 Å². The second kappa shape index (κ2) is 9.63. The number of carbonyl (C=O) groups is 1. The van der Waals surface area contributed by atoms with E-state index in [0.717, 1.165) is 12.1 Å². The fourth-order valence-electron chi connectivity index (χ4n) is 3.55. The predicted octanol–water partition coefficient (Wildman–Crippen LogP) is 2.66. The summed E-state index contributed by atoms with van der Waals surface area (Å²) in [4.78, 5) is 24.0. The first-order valence-corrected chi connectivity index (χ1v) is 10.8. The lowest BCUT2D eigenvalue weighted by molar-refractivity contribution is -0.139. The van der Waals surface area contributed by atoms with Gasteiger partial charge in [-0.05, 0) is 13.0 Å². The third-order valence-corrected chi connectivity index (χ3v) is 5.78. The van der Waals surface area contributed by atoms with Crippen LogP contribution in [0.15, 0.2) is 46.0 Å². The van der Waals surface area contributed by atoms with Gasteiger partial charge in [0.05, 0.1) is 25.4 Å². The van der Waals surface area contributed by atoms with Crippen LogP contribution in [0.1, 0.15) is 23.5 Å². The van der Waals surface area contributed by atoms with Crippen molar-refractivity contribution < 1.29 is 23.0 Å². The summed E-state index contributed by atoms with van der Waals surface area (Å²) in [6.07, 6.45) is 1.64. The number of thiazole rings is 1. The van der Waals surface area contributed by atoms with Crippen LogP contribution >= 0.6 is 11.3 Å². The van der Waals surface area contributed by atoms with E-state index in [-0.39, 0.29) is 17.7 Å². The summed E-state index contributed by atoms with van der Waals surface area (Å²) in [5, 5.41) is 5.63.